The molecule has 3 rings (SSSR count). The smallest absolute Gasteiger partial charge is 0.126 e. The molecule has 1 aromatic heterocycles. The van der Waals surface area contributed by atoms with Crippen LogP contribution in [0.4, 0.5) is 4.39 Å². The molecule has 0 N–H and O–H groups in total. The minimum absolute atomic E-state index is 0.136. The third-order valence-corrected chi connectivity index (χ3v) is 4.54. The number of rotatable bonds is 2. The van der Waals surface area contributed by atoms with Gasteiger partial charge in [-0.25, -0.2) is 9.37 Å². The first-order chi connectivity index (χ1) is 8.15. The molecule has 0 saturated heterocycles. The Morgan fingerprint density at radius 3 is 2.71 bits per heavy atom. The Hall–Kier alpha value is -1.22. The van der Waals surface area contributed by atoms with Gasteiger partial charge in [0, 0.05) is 5.92 Å². The number of thiazole rings is 1. The fourth-order valence-electron chi connectivity index (χ4n) is 1.92. The molecule has 17 heavy (non-hydrogen) atoms. The van der Waals surface area contributed by atoms with Crippen molar-refractivity contribution in [2.45, 2.75) is 32.6 Å². The van der Waals surface area contributed by atoms with Crippen LogP contribution in [0.25, 0.3) is 10.4 Å². The third kappa shape index (κ3) is 2.00. The van der Waals surface area contributed by atoms with Crippen molar-refractivity contribution in [3.05, 3.63) is 40.3 Å². The summed E-state index contributed by atoms with van der Waals surface area (Å²) in [6.07, 6.45) is 2.52. The van der Waals surface area contributed by atoms with Crippen molar-refractivity contribution < 1.29 is 4.39 Å². The van der Waals surface area contributed by atoms with Crippen molar-refractivity contribution in [3.63, 3.8) is 0 Å². The molecular formula is C14H14FNS. The lowest BCUT2D eigenvalue weighted by molar-refractivity contribution is 0.619. The van der Waals surface area contributed by atoms with Crippen LogP contribution in [0.3, 0.4) is 0 Å². The van der Waals surface area contributed by atoms with Crippen molar-refractivity contribution in [3.8, 4) is 10.4 Å². The third-order valence-electron chi connectivity index (χ3n) is 3.17. The van der Waals surface area contributed by atoms with E-state index in [2.05, 4.69) is 4.98 Å². The molecule has 88 valence electrons. The Morgan fingerprint density at radius 2 is 2.06 bits per heavy atom. The molecule has 2 aromatic rings. The molecule has 1 saturated carbocycles. The van der Waals surface area contributed by atoms with E-state index >= 15 is 0 Å². The first-order valence-electron chi connectivity index (χ1n) is 5.89. The van der Waals surface area contributed by atoms with Gasteiger partial charge in [0.1, 0.15) is 5.82 Å². The molecule has 1 fully saturated rings. The summed E-state index contributed by atoms with van der Waals surface area (Å²) in [6, 6.07) is 5.43. The second-order valence-electron chi connectivity index (χ2n) is 4.70. The van der Waals surface area contributed by atoms with E-state index in [0.29, 0.717) is 11.5 Å². The summed E-state index contributed by atoms with van der Waals surface area (Å²) < 4.78 is 13.6. The van der Waals surface area contributed by atoms with Gasteiger partial charge < -0.3 is 0 Å². The minimum atomic E-state index is -0.136. The summed E-state index contributed by atoms with van der Waals surface area (Å²) in [7, 11) is 0. The lowest BCUT2D eigenvalue weighted by atomic mass is 10.1. The predicted octanol–water partition coefficient (Wildman–Crippen LogP) is 4.44. The maximum atomic E-state index is 13.6. The maximum absolute atomic E-state index is 13.6. The average molecular weight is 247 g/mol. The Kier molecular flexibility index (Phi) is 2.51. The first-order valence-corrected chi connectivity index (χ1v) is 6.70. The van der Waals surface area contributed by atoms with Gasteiger partial charge in [-0.2, -0.15) is 0 Å². The first kappa shape index (κ1) is 10.9. The van der Waals surface area contributed by atoms with Crippen LogP contribution < -0.4 is 0 Å². The second-order valence-corrected chi connectivity index (χ2v) is 5.74. The normalized spacial score (nSPS) is 15.2. The summed E-state index contributed by atoms with van der Waals surface area (Å²) in [6.45, 7) is 3.80. The number of hydrogen-bond donors (Lipinski definition) is 0. The minimum Gasteiger partial charge on any atom is -0.246 e. The average Bonchev–Trinajstić information content (AvgIpc) is 3.07. The molecule has 1 aromatic carbocycles. The summed E-state index contributed by atoms with van der Waals surface area (Å²) in [5.41, 5.74) is 2.67. The summed E-state index contributed by atoms with van der Waals surface area (Å²) in [4.78, 5) is 5.71. The molecule has 0 radical (unpaired) electrons. The molecule has 0 unspecified atom stereocenters. The zero-order valence-electron chi connectivity index (χ0n) is 9.96. The molecule has 0 spiro atoms. The molecular weight excluding hydrogens is 233 g/mol. The van der Waals surface area contributed by atoms with E-state index in [9.17, 15) is 4.39 Å². The van der Waals surface area contributed by atoms with Gasteiger partial charge in [0.15, 0.2) is 0 Å². The maximum Gasteiger partial charge on any atom is 0.126 e. The molecule has 1 heterocycles. The monoisotopic (exact) mass is 247 g/mol. The van der Waals surface area contributed by atoms with Gasteiger partial charge in [-0.3, -0.25) is 0 Å². The van der Waals surface area contributed by atoms with Crippen molar-refractivity contribution in [1.82, 2.24) is 4.98 Å². The zero-order valence-corrected chi connectivity index (χ0v) is 10.8. The van der Waals surface area contributed by atoms with Crippen LogP contribution in [0.1, 0.15) is 35.0 Å². The predicted molar refractivity (Wildman–Crippen MR) is 69.0 cm³/mol. The Bertz CT molecular complexity index is 570. The van der Waals surface area contributed by atoms with Crippen molar-refractivity contribution in [2.24, 2.45) is 0 Å². The molecule has 1 nitrogen and oxygen atoms in total. The zero-order chi connectivity index (χ0) is 12.0. The fourth-order valence-corrected chi connectivity index (χ4v) is 3.16. The number of aromatic nitrogens is 1. The highest BCUT2D eigenvalue weighted by Crippen LogP contribution is 2.44. The topological polar surface area (TPSA) is 12.9 Å². The lowest BCUT2D eigenvalue weighted by Crippen LogP contribution is -1.84. The summed E-state index contributed by atoms with van der Waals surface area (Å²) in [5.74, 6) is 0.533. The van der Waals surface area contributed by atoms with E-state index in [1.165, 1.54) is 17.8 Å². The Morgan fingerprint density at radius 1 is 1.29 bits per heavy atom. The van der Waals surface area contributed by atoms with E-state index in [0.717, 1.165) is 16.1 Å². The van der Waals surface area contributed by atoms with E-state index in [4.69, 9.17) is 0 Å². The number of nitrogens with zero attached hydrogens (tertiary/aromatic N) is 1. The SMILES string of the molecule is Cc1ccc(-c2sc(C3CC3)nc2C)cc1F. The van der Waals surface area contributed by atoms with Gasteiger partial charge in [-0.15, -0.1) is 11.3 Å². The van der Waals surface area contributed by atoms with Crippen molar-refractivity contribution >= 4 is 11.3 Å². The highest BCUT2D eigenvalue weighted by atomic mass is 32.1. The van der Waals surface area contributed by atoms with Crippen LogP contribution in [0, 0.1) is 19.7 Å². The van der Waals surface area contributed by atoms with E-state index in [-0.39, 0.29) is 5.82 Å². The van der Waals surface area contributed by atoms with Gasteiger partial charge in [0.25, 0.3) is 0 Å². The Labute approximate surface area is 104 Å². The standard InChI is InChI=1S/C14H14FNS/c1-8-3-4-11(7-12(8)15)13-9(2)16-14(17-13)10-5-6-10/h3-4,7,10H,5-6H2,1-2H3. The van der Waals surface area contributed by atoms with Crippen LogP contribution in [-0.2, 0) is 0 Å². The van der Waals surface area contributed by atoms with Gasteiger partial charge in [0.2, 0.25) is 0 Å². The van der Waals surface area contributed by atoms with E-state index in [1.807, 2.05) is 19.1 Å². The molecule has 0 aliphatic heterocycles. The number of halogens is 1. The molecule has 1 aliphatic rings. The quantitative estimate of drug-likeness (QED) is 0.764. The van der Waals surface area contributed by atoms with Crippen LogP contribution >= 0.6 is 11.3 Å². The van der Waals surface area contributed by atoms with Crippen molar-refractivity contribution in [1.29, 1.82) is 0 Å². The largest absolute Gasteiger partial charge is 0.246 e. The van der Waals surface area contributed by atoms with Crippen molar-refractivity contribution in [2.75, 3.05) is 0 Å². The highest BCUT2D eigenvalue weighted by molar-refractivity contribution is 7.15. The van der Waals surface area contributed by atoms with E-state index < -0.39 is 0 Å². The summed E-state index contributed by atoms with van der Waals surface area (Å²) in [5, 5.41) is 1.22. The van der Waals surface area contributed by atoms with Crippen LogP contribution in [0.15, 0.2) is 18.2 Å². The van der Waals surface area contributed by atoms with Crippen LogP contribution in [0.5, 0.6) is 0 Å². The number of benzene rings is 1. The van der Waals surface area contributed by atoms with Crippen LogP contribution in [-0.4, -0.2) is 4.98 Å². The fraction of sp³-hybridized carbons (Fsp3) is 0.357. The molecule has 3 heteroatoms. The van der Waals surface area contributed by atoms with E-state index in [1.54, 1.807) is 24.3 Å². The van der Waals surface area contributed by atoms with Crippen LogP contribution in [0.2, 0.25) is 0 Å². The molecule has 0 atom stereocenters. The second kappa shape index (κ2) is 3.91. The Balaban J connectivity index is 2.04. The number of aryl methyl sites for hydroxylation is 2. The molecule has 0 bridgehead atoms. The van der Waals surface area contributed by atoms with Gasteiger partial charge >= 0.3 is 0 Å². The van der Waals surface area contributed by atoms with Gasteiger partial charge in [0.05, 0.1) is 15.6 Å². The van der Waals surface area contributed by atoms with Gasteiger partial charge in [-0.1, -0.05) is 12.1 Å². The van der Waals surface area contributed by atoms with Gasteiger partial charge in [-0.05, 0) is 43.9 Å². The molecule has 1 aliphatic carbocycles. The number of hydrogen-bond acceptors (Lipinski definition) is 2. The molecule has 0 amide bonds. The highest BCUT2D eigenvalue weighted by Gasteiger charge is 2.27. The lowest BCUT2D eigenvalue weighted by Gasteiger charge is -2.01. The summed E-state index contributed by atoms with van der Waals surface area (Å²) >= 11 is 1.72.